The second-order valence-corrected chi connectivity index (χ2v) is 4.38. The molecule has 0 aliphatic carbocycles. The molecule has 0 saturated carbocycles. The van der Waals surface area contributed by atoms with E-state index in [4.69, 9.17) is 5.11 Å². The largest absolute Gasteiger partial charge is 0.481 e. The lowest BCUT2D eigenvalue weighted by Crippen LogP contribution is -2.29. The summed E-state index contributed by atoms with van der Waals surface area (Å²) in [6.07, 6.45) is 2.61. The third-order valence-corrected chi connectivity index (χ3v) is 2.97. The van der Waals surface area contributed by atoms with E-state index in [1.807, 2.05) is 0 Å². The van der Waals surface area contributed by atoms with Crippen molar-refractivity contribution in [1.29, 1.82) is 0 Å². The fourth-order valence-corrected chi connectivity index (χ4v) is 2.12. The van der Waals surface area contributed by atoms with E-state index in [2.05, 4.69) is 5.10 Å². The molecule has 6 nitrogen and oxygen atoms in total. The Balaban J connectivity index is 1.96. The fourth-order valence-electron chi connectivity index (χ4n) is 2.12. The van der Waals surface area contributed by atoms with Crippen LogP contribution in [0.25, 0.3) is 0 Å². The van der Waals surface area contributed by atoms with Crippen molar-refractivity contribution in [2.24, 2.45) is 13.0 Å². The van der Waals surface area contributed by atoms with Gasteiger partial charge in [0.2, 0.25) is 0 Å². The summed E-state index contributed by atoms with van der Waals surface area (Å²) in [6.45, 7) is 1.13. The first kappa shape index (κ1) is 11.6. The third-order valence-electron chi connectivity index (χ3n) is 2.97. The number of nitrogens with zero attached hydrogens (tertiary/aromatic N) is 3. The molecule has 1 atom stereocenters. The number of aliphatic carboxylic acids is 1. The minimum Gasteiger partial charge on any atom is -0.481 e. The lowest BCUT2D eigenvalue weighted by molar-refractivity contribution is -0.138. The Bertz CT molecular complexity index is 441. The van der Waals surface area contributed by atoms with Gasteiger partial charge < -0.3 is 10.0 Å². The molecule has 92 valence electrons. The molecule has 0 aromatic carbocycles. The van der Waals surface area contributed by atoms with Crippen molar-refractivity contribution < 1.29 is 14.7 Å². The maximum Gasteiger partial charge on any atom is 0.303 e. The van der Waals surface area contributed by atoms with Crippen LogP contribution in [0.4, 0.5) is 0 Å². The molecule has 1 aromatic rings. The van der Waals surface area contributed by atoms with Crippen LogP contribution in [-0.4, -0.2) is 44.8 Å². The molecule has 0 radical (unpaired) electrons. The van der Waals surface area contributed by atoms with Crippen LogP contribution < -0.4 is 0 Å². The highest BCUT2D eigenvalue weighted by molar-refractivity contribution is 5.92. The number of carbonyl (C=O) groups excluding carboxylic acids is 1. The number of carboxylic acids is 1. The molecular weight excluding hydrogens is 222 g/mol. The molecule has 2 heterocycles. The monoisotopic (exact) mass is 237 g/mol. The Morgan fingerprint density at radius 1 is 1.59 bits per heavy atom. The lowest BCUT2D eigenvalue weighted by atomic mass is 10.1. The van der Waals surface area contributed by atoms with Crippen LogP contribution >= 0.6 is 0 Å². The molecule has 1 fully saturated rings. The highest BCUT2D eigenvalue weighted by atomic mass is 16.4. The first-order chi connectivity index (χ1) is 8.06. The van der Waals surface area contributed by atoms with E-state index < -0.39 is 5.97 Å². The number of carbonyl (C=O) groups is 2. The van der Waals surface area contributed by atoms with Crippen LogP contribution in [0.15, 0.2) is 12.3 Å². The second kappa shape index (κ2) is 4.57. The van der Waals surface area contributed by atoms with Crippen LogP contribution in [0.5, 0.6) is 0 Å². The van der Waals surface area contributed by atoms with Crippen molar-refractivity contribution in [1.82, 2.24) is 14.7 Å². The van der Waals surface area contributed by atoms with E-state index in [1.54, 1.807) is 28.9 Å². The SMILES string of the molecule is Cn1ccc(C(=O)N2CCC(CC(=O)O)C2)n1. The summed E-state index contributed by atoms with van der Waals surface area (Å²) < 4.78 is 1.58. The first-order valence-electron chi connectivity index (χ1n) is 5.57. The predicted molar refractivity (Wildman–Crippen MR) is 59.5 cm³/mol. The van der Waals surface area contributed by atoms with Crippen molar-refractivity contribution in [2.45, 2.75) is 12.8 Å². The predicted octanol–water partition coefficient (Wildman–Crippen LogP) is 0.357. The van der Waals surface area contributed by atoms with Gasteiger partial charge in [0.15, 0.2) is 0 Å². The first-order valence-corrected chi connectivity index (χ1v) is 5.57. The molecule has 1 amide bonds. The smallest absolute Gasteiger partial charge is 0.303 e. The number of hydrogen-bond acceptors (Lipinski definition) is 3. The summed E-state index contributed by atoms with van der Waals surface area (Å²) in [5.41, 5.74) is 0.420. The summed E-state index contributed by atoms with van der Waals surface area (Å²) >= 11 is 0. The molecule has 1 aliphatic rings. The molecule has 1 unspecified atom stereocenters. The molecule has 0 spiro atoms. The fraction of sp³-hybridized carbons (Fsp3) is 0.545. The second-order valence-electron chi connectivity index (χ2n) is 4.38. The maximum atomic E-state index is 12.0. The van der Waals surface area contributed by atoms with Gasteiger partial charge in [0, 0.05) is 32.8 Å². The molecule has 1 saturated heterocycles. The summed E-state index contributed by atoms with van der Waals surface area (Å²) in [5.74, 6) is -0.846. The standard InChI is InChI=1S/C11H15N3O3/c1-13-4-3-9(12-13)11(17)14-5-2-8(7-14)6-10(15)16/h3-4,8H,2,5-7H2,1H3,(H,15,16). The van der Waals surface area contributed by atoms with Gasteiger partial charge in [-0.05, 0) is 18.4 Å². The van der Waals surface area contributed by atoms with Gasteiger partial charge in [0.1, 0.15) is 5.69 Å². The quantitative estimate of drug-likeness (QED) is 0.823. The van der Waals surface area contributed by atoms with Crippen molar-refractivity contribution in [3.8, 4) is 0 Å². The average Bonchev–Trinajstić information content (AvgIpc) is 2.85. The van der Waals surface area contributed by atoms with Crippen molar-refractivity contribution in [3.63, 3.8) is 0 Å². The molecule has 1 N–H and O–H groups in total. The van der Waals surface area contributed by atoms with E-state index in [0.717, 1.165) is 6.42 Å². The summed E-state index contributed by atoms with van der Waals surface area (Å²) in [4.78, 5) is 24.3. The highest BCUT2D eigenvalue weighted by Gasteiger charge is 2.29. The van der Waals surface area contributed by atoms with E-state index in [1.165, 1.54) is 0 Å². The van der Waals surface area contributed by atoms with Crippen LogP contribution in [0, 0.1) is 5.92 Å². The Kier molecular flexibility index (Phi) is 3.12. The summed E-state index contributed by atoms with van der Waals surface area (Å²) in [7, 11) is 1.76. The zero-order valence-electron chi connectivity index (χ0n) is 9.67. The van der Waals surface area contributed by atoms with Crippen LogP contribution in [0.2, 0.25) is 0 Å². The minimum absolute atomic E-state index is 0.0696. The highest BCUT2D eigenvalue weighted by Crippen LogP contribution is 2.20. The molecular formula is C11H15N3O3. The number of aromatic nitrogens is 2. The van der Waals surface area contributed by atoms with Crippen molar-refractivity contribution >= 4 is 11.9 Å². The molecule has 17 heavy (non-hydrogen) atoms. The Morgan fingerprint density at radius 3 is 2.94 bits per heavy atom. The van der Waals surface area contributed by atoms with Gasteiger partial charge in [-0.25, -0.2) is 0 Å². The molecule has 1 aliphatic heterocycles. The molecule has 0 bridgehead atoms. The minimum atomic E-state index is -0.804. The zero-order chi connectivity index (χ0) is 12.4. The molecule has 1 aromatic heterocycles. The van der Waals surface area contributed by atoms with Gasteiger partial charge in [0.05, 0.1) is 0 Å². The van der Waals surface area contributed by atoms with Crippen molar-refractivity contribution in [3.05, 3.63) is 18.0 Å². The van der Waals surface area contributed by atoms with E-state index in [0.29, 0.717) is 18.8 Å². The number of amides is 1. The normalized spacial score (nSPS) is 19.6. The van der Waals surface area contributed by atoms with Gasteiger partial charge in [-0.2, -0.15) is 5.10 Å². The van der Waals surface area contributed by atoms with Gasteiger partial charge in [-0.1, -0.05) is 0 Å². The van der Waals surface area contributed by atoms with Crippen LogP contribution in [0.3, 0.4) is 0 Å². The van der Waals surface area contributed by atoms with Gasteiger partial charge in [-0.15, -0.1) is 0 Å². The van der Waals surface area contributed by atoms with Crippen molar-refractivity contribution in [2.75, 3.05) is 13.1 Å². The number of likely N-dealkylation sites (tertiary alicyclic amines) is 1. The van der Waals surface area contributed by atoms with E-state index in [9.17, 15) is 9.59 Å². The van der Waals surface area contributed by atoms with E-state index >= 15 is 0 Å². The third kappa shape index (κ3) is 2.64. The number of aryl methyl sites for hydroxylation is 1. The summed E-state index contributed by atoms with van der Waals surface area (Å²) in [6, 6.07) is 1.67. The Hall–Kier alpha value is -1.85. The van der Waals surface area contributed by atoms with Crippen LogP contribution in [0.1, 0.15) is 23.3 Å². The maximum absolute atomic E-state index is 12.0. The average molecular weight is 237 g/mol. The van der Waals surface area contributed by atoms with Gasteiger partial charge in [-0.3, -0.25) is 14.3 Å². The number of rotatable bonds is 3. The Morgan fingerprint density at radius 2 is 2.35 bits per heavy atom. The number of hydrogen-bond donors (Lipinski definition) is 1. The van der Waals surface area contributed by atoms with Gasteiger partial charge in [0.25, 0.3) is 5.91 Å². The van der Waals surface area contributed by atoms with Crippen LogP contribution in [-0.2, 0) is 11.8 Å². The van der Waals surface area contributed by atoms with Gasteiger partial charge >= 0.3 is 5.97 Å². The number of carboxylic acid groups (broad SMARTS) is 1. The lowest BCUT2D eigenvalue weighted by Gasteiger charge is -2.14. The zero-order valence-corrected chi connectivity index (χ0v) is 9.67. The molecule has 6 heteroatoms. The summed E-state index contributed by atoms with van der Waals surface area (Å²) in [5, 5.41) is 12.8. The molecule has 2 rings (SSSR count). The Labute approximate surface area is 98.8 Å². The van der Waals surface area contributed by atoms with E-state index in [-0.39, 0.29) is 18.2 Å². The topological polar surface area (TPSA) is 75.4 Å².